The molecular weight excluding hydrogens is 198 g/mol. The second-order valence-electron chi connectivity index (χ2n) is 4.22. The zero-order valence-electron chi connectivity index (χ0n) is 9.95. The van der Waals surface area contributed by atoms with Crippen LogP contribution in [0.3, 0.4) is 0 Å². The lowest BCUT2D eigenvalue weighted by Crippen LogP contribution is -2.23. The molecule has 0 amide bonds. The van der Waals surface area contributed by atoms with Crippen LogP contribution in [0.5, 0.6) is 0 Å². The maximum absolute atomic E-state index is 8.78. The molecule has 0 spiro atoms. The van der Waals surface area contributed by atoms with Gasteiger partial charge in [0.05, 0.1) is 0 Å². The van der Waals surface area contributed by atoms with Crippen molar-refractivity contribution in [1.82, 2.24) is 5.32 Å². The summed E-state index contributed by atoms with van der Waals surface area (Å²) < 4.78 is 0. The molecule has 2 nitrogen and oxygen atoms in total. The minimum absolute atomic E-state index is 0.266. The molecule has 0 aliphatic rings. The molecule has 1 unspecified atom stereocenters. The Morgan fingerprint density at radius 1 is 1.38 bits per heavy atom. The third kappa shape index (κ3) is 4.60. The fourth-order valence-corrected chi connectivity index (χ4v) is 1.57. The van der Waals surface area contributed by atoms with Crippen LogP contribution in [0.15, 0.2) is 36.9 Å². The average Bonchev–Trinajstić information content (AvgIpc) is 2.30. The molecule has 1 aromatic carbocycles. The summed E-state index contributed by atoms with van der Waals surface area (Å²) in [6.07, 6.45) is 0.852. The Bertz CT molecular complexity index is 308. The summed E-state index contributed by atoms with van der Waals surface area (Å²) in [7, 11) is 0. The molecule has 0 fully saturated rings. The molecule has 1 aromatic rings. The molecule has 0 bridgehead atoms. The Labute approximate surface area is 98.0 Å². The molecule has 2 heteroatoms. The van der Waals surface area contributed by atoms with Gasteiger partial charge in [0, 0.05) is 13.2 Å². The molecule has 0 radical (unpaired) electrons. The van der Waals surface area contributed by atoms with Gasteiger partial charge in [-0.1, -0.05) is 43.8 Å². The van der Waals surface area contributed by atoms with Crippen LogP contribution in [0.2, 0.25) is 0 Å². The van der Waals surface area contributed by atoms with Gasteiger partial charge in [-0.3, -0.25) is 0 Å². The van der Waals surface area contributed by atoms with Gasteiger partial charge < -0.3 is 10.4 Å². The Hall–Kier alpha value is -1.12. The standard InChI is InChI=1S/C14H21NO/c1-12(8-9-16)10-15-11-13(2)14-6-4-3-5-7-14/h3-7,12,15-16H,2,8-11H2,1H3. The highest BCUT2D eigenvalue weighted by molar-refractivity contribution is 5.64. The topological polar surface area (TPSA) is 32.3 Å². The van der Waals surface area contributed by atoms with E-state index in [9.17, 15) is 0 Å². The molecule has 2 N–H and O–H groups in total. The fraction of sp³-hybridized carbons (Fsp3) is 0.429. The largest absolute Gasteiger partial charge is 0.396 e. The number of aliphatic hydroxyl groups is 1. The lowest BCUT2D eigenvalue weighted by Gasteiger charge is -2.12. The summed E-state index contributed by atoms with van der Waals surface area (Å²) in [6.45, 7) is 8.18. The van der Waals surface area contributed by atoms with Crippen LogP contribution < -0.4 is 5.32 Å². The zero-order chi connectivity index (χ0) is 11.8. The van der Waals surface area contributed by atoms with Crippen molar-refractivity contribution >= 4 is 5.57 Å². The number of hydrogen-bond donors (Lipinski definition) is 2. The summed E-state index contributed by atoms with van der Waals surface area (Å²) in [4.78, 5) is 0. The summed E-state index contributed by atoms with van der Waals surface area (Å²) in [5, 5.41) is 12.1. The average molecular weight is 219 g/mol. The zero-order valence-corrected chi connectivity index (χ0v) is 9.95. The number of rotatable bonds is 7. The number of benzene rings is 1. The summed E-state index contributed by atoms with van der Waals surface area (Å²) in [5.74, 6) is 0.508. The first kappa shape index (κ1) is 12.9. The van der Waals surface area contributed by atoms with Gasteiger partial charge in [0.15, 0.2) is 0 Å². The lowest BCUT2D eigenvalue weighted by atomic mass is 10.1. The van der Waals surface area contributed by atoms with E-state index in [1.165, 1.54) is 5.56 Å². The monoisotopic (exact) mass is 219 g/mol. The normalized spacial score (nSPS) is 12.4. The Morgan fingerprint density at radius 2 is 2.06 bits per heavy atom. The van der Waals surface area contributed by atoms with Crippen LogP contribution in [0, 0.1) is 5.92 Å². The number of hydrogen-bond acceptors (Lipinski definition) is 2. The Balaban J connectivity index is 2.26. The first-order valence-corrected chi connectivity index (χ1v) is 5.78. The molecule has 88 valence electrons. The Morgan fingerprint density at radius 3 is 2.69 bits per heavy atom. The van der Waals surface area contributed by atoms with Crippen LogP contribution in [0.25, 0.3) is 5.57 Å². The molecule has 0 heterocycles. The van der Waals surface area contributed by atoms with Crippen molar-refractivity contribution < 1.29 is 5.11 Å². The predicted octanol–water partition coefficient (Wildman–Crippen LogP) is 2.31. The molecule has 0 aromatic heterocycles. The van der Waals surface area contributed by atoms with E-state index in [1.807, 2.05) is 18.2 Å². The molecular formula is C14H21NO. The van der Waals surface area contributed by atoms with Crippen molar-refractivity contribution in [3.63, 3.8) is 0 Å². The number of nitrogens with one attached hydrogen (secondary N) is 1. The first-order valence-electron chi connectivity index (χ1n) is 5.78. The van der Waals surface area contributed by atoms with Crippen molar-refractivity contribution in [3.8, 4) is 0 Å². The lowest BCUT2D eigenvalue weighted by molar-refractivity contribution is 0.261. The van der Waals surface area contributed by atoms with E-state index in [-0.39, 0.29) is 6.61 Å². The quantitative estimate of drug-likeness (QED) is 0.737. The SMILES string of the molecule is C=C(CNCC(C)CCO)c1ccccc1. The van der Waals surface area contributed by atoms with E-state index < -0.39 is 0 Å². The van der Waals surface area contributed by atoms with Crippen molar-refractivity contribution in [2.45, 2.75) is 13.3 Å². The van der Waals surface area contributed by atoms with E-state index in [2.05, 4.69) is 31.0 Å². The van der Waals surface area contributed by atoms with Crippen LogP contribution in [0.1, 0.15) is 18.9 Å². The van der Waals surface area contributed by atoms with Crippen molar-refractivity contribution in [2.75, 3.05) is 19.7 Å². The second kappa shape index (κ2) is 7.20. The third-order valence-electron chi connectivity index (χ3n) is 2.64. The van der Waals surface area contributed by atoms with Crippen LogP contribution in [0.4, 0.5) is 0 Å². The highest BCUT2D eigenvalue weighted by Crippen LogP contribution is 2.10. The van der Waals surface area contributed by atoms with Gasteiger partial charge in [-0.15, -0.1) is 0 Å². The van der Waals surface area contributed by atoms with E-state index in [0.29, 0.717) is 5.92 Å². The number of aliphatic hydroxyl groups excluding tert-OH is 1. The van der Waals surface area contributed by atoms with Gasteiger partial charge in [0.1, 0.15) is 0 Å². The van der Waals surface area contributed by atoms with Crippen LogP contribution in [-0.4, -0.2) is 24.8 Å². The van der Waals surface area contributed by atoms with Gasteiger partial charge >= 0.3 is 0 Å². The molecule has 1 atom stereocenters. The smallest absolute Gasteiger partial charge is 0.0434 e. The molecule has 0 aliphatic carbocycles. The van der Waals surface area contributed by atoms with Crippen molar-refractivity contribution in [2.24, 2.45) is 5.92 Å². The highest BCUT2D eigenvalue weighted by atomic mass is 16.3. The molecule has 0 saturated heterocycles. The van der Waals surface area contributed by atoms with Gasteiger partial charge in [-0.2, -0.15) is 0 Å². The van der Waals surface area contributed by atoms with Crippen molar-refractivity contribution in [1.29, 1.82) is 0 Å². The minimum atomic E-state index is 0.266. The predicted molar refractivity (Wildman–Crippen MR) is 69.2 cm³/mol. The third-order valence-corrected chi connectivity index (χ3v) is 2.64. The highest BCUT2D eigenvalue weighted by Gasteiger charge is 2.01. The molecule has 1 rings (SSSR count). The van der Waals surface area contributed by atoms with E-state index in [4.69, 9.17) is 5.11 Å². The van der Waals surface area contributed by atoms with Gasteiger partial charge in [-0.05, 0) is 30.0 Å². The first-order chi connectivity index (χ1) is 7.74. The Kier molecular flexibility index (Phi) is 5.83. The fourth-order valence-electron chi connectivity index (χ4n) is 1.57. The van der Waals surface area contributed by atoms with Gasteiger partial charge in [-0.25, -0.2) is 0 Å². The minimum Gasteiger partial charge on any atom is -0.396 e. The van der Waals surface area contributed by atoms with Gasteiger partial charge in [0.2, 0.25) is 0 Å². The summed E-state index contributed by atoms with van der Waals surface area (Å²) >= 11 is 0. The molecule has 0 saturated carbocycles. The summed E-state index contributed by atoms with van der Waals surface area (Å²) in [5.41, 5.74) is 2.29. The van der Waals surface area contributed by atoms with Crippen LogP contribution in [-0.2, 0) is 0 Å². The van der Waals surface area contributed by atoms with Crippen LogP contribution >= 0.6 is 0 Å². The maximum atomic E-state index is 8.78. The maximum Gasteiger partial charge on any atom is 0.0434 e. The van der Waals surface area contributed by atoms with Crippen molar-refractivity contribution in [3.05, 3.63) is 42.5 Å². The molecule has 16 heavy (non-hydrogen) atoms. The summed E-state index contributed by atoms with van der Waals surface area (Å²) in [6, 6.07) is 10.2. The van der Waals surface area contributed by atoms with E-state index in [1.54, 1.807) is 0 Å². The second-order valence-corrected chi connectivity index (χ2v) is 4.22. The van der Waals surface area contributed by atoms with Gasteiger partial charge in [0.25, 0.3) is 0 Å². The van der Waals surface area contributed by atoms with E-state index >= 15 is 0 Å². The molecule has 0 aliphatic heterocycles. The van der Waals surface area contributed by atoms with E-state index in [0.717, 1.165) is 25.1 Å².